The Bertz CT molecular complexity index is 702. The van der Waals surface area contributed by atoms with Crippen LogP contribution >= 0.6 is 23.2 Å². The summed E-state index contributed by atoms with van der Waals surface area (Å²) in [4.78, 5) is 19.5. The Hall–Kier alpha value is -2.25. The van der Waals surface area contributed by atoms with E-state index in [0.29, 0.717) is 15.6 Å². The van der Waals surface area contributed by atoms with Gasteiger partial charge in [0.15, 0.2) is 11.5 Å². The number of carbonyl (C=O) groups excluding carboxylic acids is 1. The molecule has 0 saturated carbocycles. The second kappa shape index (κ2) is 6.67. The van der Waals surface area contributed by atoms with Gasteiger partial charge in [-0.05, 0) is 12.1 Å². The van der Waals surface area contributed by atoms with E-state index in [2.05, 4.69) is 20.6 Å². The van der Waals surface area contributed by atoms with Crippen LogP contribution in [0.5, 0.6) is 0 Å². The molecule has 116 valence electrons. The van der Waals surface area contributed by atoms with Crippen molar-refractivity contribution in [1.82, 2.24) is 9.97 Å². The van der Waals surface area contributed by atoms with E-state index in [-0.39, 0.29) is 29.7 Å². The van der Waals surface area contributed by atoms with Crippen LogP contribution in [0.3, 0.4) is 0 Å². The predicted octanol–water partition coefficient (Wildman–Crippen LogP) is 2.12. The molecule has 7 nitrogen and oxygen atoms in total. The predicted molar refractivity (Wildman–Crippen MR) is 88.3 cm³/mol. The fraction of sp³-hybridized carbons (Fsp3) is 0.154. The zero-order valence-corrected chi connectivity index (χ0v) is 13.2. The highest BCUT2D eigenvalue weighted by Crippen LogP contribution is 2.27. The summed E-state index contributed by atoms with van der Waals surface area (Å²) in [7, 11) is 1.62. The average Bonchev–Trinajstić information content (AvgIpc) is 2.47. The van der Waals surface area contributed by atoms with Crippen LogP contribution in [0.1, 0.15) is 16.1 Å². The normalized spacial score (nSPS) is 10.3. The molecule has 1 heterocycles. The van der Waals surface area contributed by atoms with Gasteiger partial charge in [0.1, 0.15) is 5.69 Å². The van der Waals surface area contributed by atoms with Crippen LogP contribution in [0, 0.1) is 0 Å². The first-order valence-corrected chi connectivity index (χ1v) is 7.01. The lowest BCUT2D eigenvalue weighted by Gasteiger charge is -2.13. The molecular weight excluding hydrogens is 327 g/mol. The van der Waals surface area contributed by atoms with E-state index in [1.165, 1.54) is 0 Å². The third-order valence-electron chi connectivity index (χ3n) is 2.90. The van der Waals surface area contributed by atoms with E-state index in [1.54, 1.807) is 25.2 Å². The number of nitrogens with two attached hydrogens (primary N) is 2. The Kier molecular flexibility index (Phi) is 4.89. The van der Waals surface area contributed by atoms with Crippen LogP contribution in [0.4, 0.5) is 17.5 Å². The highest BCUT2D eigenvalue weighted by molar-refractivity contribution is 6.36. The number of nitrogens with zero attached hydrogens (tertiary/aromatic N) is 2. The zero-order valence-electron chi connectivity index (χ0n) is 11.7. The van der Waals surface area contributed by atoms with Gasteiger partial charge in [-0.25, -0.2) is 4.98 Å². The number of benzene rings is 1. The smallest absolute Gasteiger partial charge is 0.269 e. The van der Waals surface area contributed by atoms with Crippen molar-refractivity contribution in [3.8, 4) is 0 Å². The number of nitrogens with one attached hydrogen (secondary N) is 2. The van der Waals surface area contributed by atoms with Gasteiger partial charge in [0.2, 0.25) is 5.95 Å². The largest absolute Gasteiger partial charge is 0.394 e. The van der Waals surface area contributed by atoms with Crippen molar-refractivity contribution >= 4 is 46.6 Å². The Labute approximate surface area is 137 Å². The van der Waals surface area contributed by atoms with E-state index in [1.807, 2.05) is 0 Å². The summed E-state index contributed by atoms with van der Waals surface area (Å²) in [5, 5.41) is 6.74. The summed E-state index contributed by atoms with van der Waals surface area (Å²) in [6, 6.07) is 5.20. The van der Waals surface area contributed by atoms with Crippen LogP contribution < -0.4 is 22.1 Å². The maximum absolute atomic E-state index is 11.4. The molecule has 1 aromatic carbocycles. The standard InChI is InChI=1S/C13H14Cl2N6O/c1-18-13-20-10(11(17)22)9(16)12(21-13)19-5-6-7(14)3-2-4-8(6)15/h2-4H,5,16H2,1H3,(H2,17,22)(H2,18,19,20,21). The molecule has 2 rings (SSSR count). The number of rotatable bonds is 5. The van der Waals surface area contributed by atoms with Crippen LogP contribution in [-0.4, -0.2) is 22.9 Å². The molecule has 0 saturated heterocycles. The molecule has 1 aromatic heterocycles. The van der Waals surface area contributed by atoms with E-state index in [9.17, 15) is 4.79 Å². The second-order valence-electron chi connectivity index (χ2n) is 4.33. The lowest BCUT2D eigenvalue weighted by molar-refractivity contribution is 0.0996. The first-order valence-electron chi connectivity index (χ1n) is 6.25. The van der Waals surface area contributed by atoms with Crippen LogP contribution in [-0.2, 0) is 6.54 Å². The minimum absolute atomic E-state index is 0.0629. The van der Waals surface area contributed by atoms with Crippen LogP contribution in [0.15, 0.2) is 18.2 Å². The van der Waals surface area contributed by atoms with Crippen molar-refractivity contribution in [2.24, 2.45) is 5.73 Å². The molecule has 1 amide bonds. The van der Waals surface area contributed by atoms with Crippen molar-refractivity contribution in [2.45, 2.75) is 6.54 Å². The highest BCUT2D eigenvalue weighted by atomic mass is 35.5. The summed E-state index contributed by atoms with van der Waals surface area (Å²) in [5.74, 6) is -0.255. The number of hydrogen-bond acceptors (Lipinski definition) is 6. The number of nitrogen functional groups attached to an aromatic ring is 1. The molecule has 0 aliphatic carbocycles. The van der Waals surface area contributed by atoms with Crippen molar-refractivity contribution in [3.05, 3.63) is 39.5 Å². The van der Waals surface area contributed by atoms with Crippen LogP contribution in [0.2, 0.25) is 10.0 Å². The Balaban J connectivity index is 2.33. The summed E-state index contributed by atoms with van der Waals surface area (Å²) < 4.78 is 0. The van der Waals surface area contributed by atoms with Gasteiger partial charge in [-0.15, -0.1) is 0 Å². The molecule has 22 heavy (non-hydrogen) atoms. The molecule has 0 bridgehead atoms. The van der Waals surface area contributed by atoms with Crippen molar-refractivity contribution in [1.29, 1.82) is 0 Å². The average molecular weight is 341 g/mol. The minimum atomic E-state index is -0.741. The van der Waals surface area contributed by atoms with Gasteiger partial charge < -0.3 is 22.1 Å². The van der Waals surface area contributed by atoms with E-state index in [0.717, 1.165) is 0 Å². The topological polar surface area (TPSA) is 119 Å². The lowest BCUT2D eigenvalue weighted by atomic mass is 10.2. The van der Waals surface area contributed by atoms with Gasteiger partial charge in [0, 0.05) is 29.2 Å². The van der Waals surface area contributed by atoms with Crippen molar-refractivity contribution < 1.29 is 4.79 Å². The molecule has 0 spiro atoms. The highest BCUT2D eigenvalue weighted by Gasteiger charge is 2.16. The number of hydrogen-bond donors (Lipinski definition) is 4. The molecule has 0 aliphatic rings. The van der Waals surface area contributed by atoms with Gasteiger partial charge in [-0.2, -0.15) is 4.98 Å². The Morgan fingerprint density at radius 2 is 1.91 bits per heavy atom. The summed E-state index contributed by atoms with van der Waals surface area (Å²) in [6.45, 7) is 0.279. The molecule has 6 N–H and O–H groups in total. The van der Waals surface area contributed by atoms with E-state index in [4.69, 9.17) is 34.7 Å². The number of carbonyl (C=O) groups is 1. The Morgan fingerprint density at radius 1 is 1.27 bits per heavy atom. The molecule has 2 aromatic rings. The van der Waals surface area contributed by atoms with Crippen LogP contribution in [0.25, 0.3) is 0 Å². The van der Waals surface area contributed by atoms with Crippen molar-refractivity contribution in [2.75, 3.05) is 23.4 Å². The second-order valence-corrected chi connectivity index (χ2v) is 5.14. The van der Waals surface area contributed by atoms with Gasteiger partial charge in [0.25, 0.3) is 5.91 Å². The number of primary amides is 1. The van der Waals surface area contributed by atoms with Gasteiger partial charge in [-0.3, -0.25) is 4.79 Å². The Morgan fingerprint density at radius 3 is 2.45 bits per heavy atom. The molecule has 0 fully saturated rings. The number of amides is 1. The third-order valence-corrected chi connectivity index (χ3v) is 3.61. The van der Waals surface area contributed by atoms with Gasteiger partial charge in [0.05, 0.1) is 0 Å². The molecular formula is C13H14Cl2N6O. The maximum Gasteiger partial charge on any atom is 0.269 e. The maximum atomic E-state index is 11.4. The van der Waals surface area contributed by atoms with Gasteiger partial charge >= 0.3 is 0 Å². The SMILES string of the molecule is CNc1nc(NCc2c(Cl)cccc2Cl)c(N)c(C(N)=O)n1. The summed E-state index contributed by atoms with van der Waals surface area (Å²) in [6.07, 6.45) is 0. The van der Waals surface area contributed by atoms with E-state index < -0.39 is 5.91 Å². The zero-order chi connectivity index (χ0) is 16.3. The quantitative estimate of drug-likeness (QED) is 0.661. The molecule has 0 unspecified atom stereocenters. The first-order chi connectivity index (χ1) is 10.4. The molecule has 9 heteroatoms. The minimum Gasteiger partial charge on any atom is -0.394 e. The van der Waals surface area contributed by atoms with E-state index >= 15 is 0 Å². The summed E-state index contributed by atoms with van der Waals surface area (Å²) >= 11 is 12.2. The lowest BCUT2D eigenvalue weighted by Crippen LogP contribution is -2.19. The number of anilines is 3. The first kappa shape index (κ1) is 16.1. The fourth-order valence-electron chi connectivity index (χ4n) is 1.78. The molecule has 0 radical (unpaired) electrons. The van der Waals surface area contributed by atoms with Crippen molar-refractivity contribution in [3.63, 3.8) is 0 Å². The molecule has 0 aliphatic heterocycles. The van der Waals surface area contributed by atoms with Gasteiger partial charge in [-0.1, -0.05) is 29.3 Å². The molecule has 0 atom stereocenters. The number of halogens is 2. The summed E-state index contributed by atoms with van der Waals surface area (Å²) in [5.41, 5.74) is 11.8. The monoisotopic (exact) mass is 340 g/mol. The number of aromatic nitrogens is 2. The fourth-order valence-corrected chi connectivity index (χ4v) is 2.31. The third kappa shape index (κ3) is 3.32.